The molecule has 0 heterocycles. The van der Waals surface area contributed by atoms with E-state index in [0.29, 0.717) is 32.7 Å². The Morgan fingerprint density at radius 3 is 2.58 bits per heavy atom. The van der Waals surface area contributed by atoms with E-state index in [-0.39, 0.29) is 18.3 Å². The van der Waals surface area contributed by atoms with Crippen molar-refractivity contribution in [3.8, 4) is 0 Å². The van der Waals surface area contributed by atoms with Crippen molar-refractivity contribution in [2.45, 2.75) is 26.5 Å². The van der Waals surface area contributed by atoms with E-state index >= 15 is 0 Å². The van der Waals surface area contributed by atoms with Gasteiger partial charge in [-0.05, 0) is 25.1 Å². The van der Waals surface area contributed by atoms with Gasteiger partial charge in [-0.3, -0.25) is 4.79 Å². The number of rotatable bonds is 8. The smallest absolute Gasteiger partial charge is 0.221 e. The predicted molar refractivity (Wildman–Crippen MR) is 79.4 cm³/mol. The van der Waals surface area contributed by atoms with Crippen molar-refractivity contribution < 1.29 is 9.53 Å². The second-order valence-electron chi connectivity index (χ2n) is 4.04. The van der Waals surface area contributed by atoms with Gasteiger partial charge in [0.1, 0.15) is 0 Å². The summed E-state index contributed by atoms with van der Waals surface area (Å²) in [5.41, 5.74) is 2.25. The van der Waals surface area contributed by atoms with Crippen molar-refractivity contribution in [3.05, 3.63) is 35.4 Å². The standard InChI is InChI=1S/C14H22N2O2.ClH/c1-3-18-11-13-7-5-4-6-12(13)10-16-14(17)8-9-15-2;/h4-7,15H,3,8-11H2,1-2H3,(H,16,17);1H. The fourth-order valence-corrected chi connectivity index (χ4v) is 1.60. The van der Waals surface area contributed by atoms with Crippen molar-refractivity contribution in [2.24, 2.45) is 0 Å². The molecule has 0 radical (unpaired) electrons. The summed E-state index contributed by atoms with van der Waals surface area (Å²) in [4.78, 5) is 11.5. The molecule has 0 bridgehead atoms. The number of nitrogens with one attached hydrogen (secondary N) is 2. The molecule has 0 aromatic heterocycles. The van der Waals surface area contributed by atoms with Gasteiger partial charge in [-0.2, -0.15) is 0 Å². The SMILES string of the molecule is CCOCc1ccccc1CNC(=O)CCNC.Cl. The molecule has 1 aromatic rings. The lowest BCUT2D eigenvalue weighted by Crippen LogP contribution is -2.26. The zero-order valence-electron chi connectivity index (χ0n) is 11.6. The highest BCUT2D eigenvalue weighted by molar-refractivity contribution is 5.85. The summed E-state index contributed by atoms with van der Waals surface area (Å²) in [5, 5.41) is 5.87. The molecule has 1 aromatic carbocycles. The highest BCUT2D eigenvalue weighted by atomic mass is 35.5. The third kappa shape index (κ3) is 7.15. The van der Waals surface area contributed by atoms with E-state index in [1.165, 1.54) is 0 Å². The van der Waals surface area contributed by atoms with Crippen LogP contribution in [-0.4, -0.2) is 26.1 Å². The number of ether oxygens (including phenoxy) is 1. The maximum absolute atomic E-state index is 11.5. The Morgan fingerprint density at radius 2 is 1.95 bits per heavy atom. The van der Waals surface area contributed by atoms with Gasteiger partial charge in [-0.1, -0.05) is 24.3 Å². The molecular weight excluding hydrogens is 264 g/mol. The van der Waals surface area contributed by atoms with E-state index in [1.807, 2.05) is 38.2 Å². The van der Waals surface area contributed by atoms with Gasteiger partial charge in [-0.15, -0.1) is 12.4 Å². The first kappa shape index (κ1) is 17.9. The number of amides is 1. The number of halogens is 1. The Balaban J connectivity index is 0.00000324. The van der Waals surface area contributed by atoms with E-state index < -0.39 is 0 Å². The molecule has 0 unspecified atom stereocenters. The molecule has 0 aliphatic heterocycles. The summed E-state index contributed by atoms with van der Waals surface area (Å²) in [5.74, 6) is 0.0653. The zero-order chi connectivity index (χ0) is 13.2. The molecule has 4 nitrogen and oxygen atoms in total. The van der Waals surface area contributed by atoms with Crippen molar-refractivity contribution in [1.29, 1.82) is 0 Å². The van der Waals surface area contributed by atoms with Gasteiger partial charge in [0, 0.05) is 26.1 Å². The molecule has 19 heavy (non-hydrogen) atoms. The van der Waals surface area contributed by atoms with Gasteiger partial charge >= 0.3 is 0 Å². The summed E-state index contributed by atoms with van der Waals surface area (Å²) in [6.45, 7) is 4.53. The summed E-state index contributed by atoms with van der Waals surface area (Å²) in [6.07, 6.45) is 0.504. The molecule has 0 aliphatic rings. The Morgan fingerprint density at radius 1 is 1.26 bits per heavy atom. The van der Waals surface area contributed by atoms with Gasteiger partial charge in [0.2, 0.25) is 5.91 Å². The summed E-state index contributed by atoms with van der Waals surface area (Å²) in [6, 6.07) is 8.02. The predicted octanol–water partition coefficient (Wildman–Crippen LogP) is 1.87. The number of benzene rings is 1. The zero-order valence-corrected chi connectivity index (χ0v) is 12.4. The van der Waals surface area contributed by atoms with Crippen LogP contribution in [0.4, 0.5) is 0 Å². The van der Waals surface area contributed by atoms with Crippen LogP contribution in [0.5, 0.6) is 0 Å². The van der Waals surface area contributed by atoms with E-state index in [9.17, 15) is 4.79 Å². The van der Waals surface area contributed by atoms with Gasteiger partial charge in [-0.25, -0.2) is 0 Å². The van der Waals surface area contributed by atoms with E-state index in [4.69, 9.17) is 4.74 Å². The lowest BCUT2D eigenvalue weighted by atomic mass is 10.1. The highest BCUT2D eigenvalue weighted by Gasteiger charge is 2.04. The van der Waals surface area contributed by atoms with Gasteiger partial charge in [0.15, 0.2) is 0 Å². The molecule has 1 rings (SSSR count). The molecule has 5 heteroatoms. The van der Waals surface area contributed by atoms with E-state index in [1.54, 1.807) is 0 Å². The summed E-state index contributed by atoms with van der Waals surface area (Å²) >= 11 is 0. The second kappa shape index (κ2) is 10.8. The van der Waals surface area contributed by atoms with E-state index in [0.717, 1.165) is 11.1 Å². The molecule has 1 amide bonds. The molecule has 108 valence electrons. The minimum absolute atomic E-state index is 0. The largest absolute Gasteiger partial charge is 0.377 e. The molecule has 0 saturated heterocycles. The number of hydrogen-bond donors (Lipinski definition) is 2. The first-order valence-corrected chi connectivity index (χ1v) is 6.33. The first-order chi connectivity index (χ1) is 8.77. The topological polar surface area (TPSA) is 50.4 Å². The molecule has 0 saturated carbocycles. The lowest BCUT2D eigenvalue weighted by Gasteiger charge is -2.10. The Labute approximate surface area is 121 Å². The van der Waals surface area contributed by atoms with Crippen LogP contribution in [0, 0.1) is 0 Å². The van der Waals surface area contributed by atoms with Crippen LogP contribution in [0.15, 0.2) is 24.3 Å². The molecule has 0 aliphatic carbocycles. The quantitative estimate of drug-likeness (QED) is 0.767. The molecule has 0 atom stereocenters. The number of carbonyl (C=O) groups is 1. The van der Waals surface area contributed by atoms with Crippen molar-refractivity contribution in [1.82, 2.24) is 10.6 Å². The van der Waals surface area contributed by atoms with Crippen LogP contribution in [0.1, 0.15) is 24.5 Å². The first-order valence-electron chi connectivity index (χ1n) is 6.33. The molecule has 0 spiro atoms. The van der Waals surface area contributed by atoms with Crippen LogP contribution in [0.25, 0.3) is 0 Å². The minimum Gasteiger partial charge on any atom is -0.377 e. The van der Waals surface area contributed by atoms with Crippen molar-refractivity contribution >= 4 is 18.3 Å². The van der Waals surface area contributed by atoms with Crippen molar-refractivity contribution in [3.63, 3.8) is 0 Å². The molecule has 0 fully saturated rings. The monoisotopic (exact) mass is 286 g/mol. The average molecular weight is 287 g/mol. The highest BCUT2D eigenvalue weighted by Crippen LogP contribution is 2.09. The maximum Gasteiger partial charge on any atom is 0.221 e. The summed E-state index contributed by atoms with van der Waals surface area (Å²) < 4.78 is 5.41. The van der Waals surface area contributed by atoms with Gasteiger partial charge < -0.3 is 15.4 Å². The minimum atomic E-state index is 0. The fraction of sp³-hybridized carbons (Fsp3) is 0.500. The Kier molecular flexibility index (Phi) is 10.2. The van der Waals surface area contributed by atoms with Gasteiger partial charge in [0.25, 0.3) is 0 Å². The average Bonchev–Trinajstić information content (AvgIpc) is 2.41. The number of hydrogen-bond acceptors (Lipinski definition) is 3. The summed E-state index contributed by atoms with van der Waals surface area (Å²) in [7, 11) is 1.84. The Bertz CT molecular complexity index is 372. The molecular formula is C14H23ClN2O2. The fourth-order valence-electron chi connectivity index (χ4n) is 1.60. The second-order valence-corrected chi connectivity index (χ2v) is 4.04. The van der Waals surface area contributed by atoms with Gasteiger partial charge in [0.05, 0.1) is 6.61 Å². The maximum atomic E-state index is 11.5. The van der Waals surface area contributed by atoms with Crippen LogP contribution in [0.2, 0.25) is 0 Å². The van der Waals surface area contributed by atoms with E-state index in [2.05, 4.69) is 10.6 Å². The van der Waals surface area contributed by atoms with Crippen LogP contribution >= 0.6 is 12.4 Å². The third-order valence-corrected chi connectivity index (χ3v) is 2.66. The third-order valence-electron chi connectivity index (χ3n) is 2.66. The van der Waals surface area contributed by atoms with Crippen LogP contribution in [-0.2, 0) is 22.7 Å². The van der Waals surface area contributed by atoms with Crippen LogP contribution in [0.3, 0.4) is 0 Å². The van der Waals surface area contributed by atoms with Crippen LogP contribution < -0.4 is 10.6 Å². The van der Waals surface area contributed by atoms with Crippen molar-refractivity contribution in [2.75, 3.05) is 20.2 Å². The number of carbonyl (C=O) groups excluding carboxylic acids is 1. The lowest BCUT2D eigenvalue weighted by molar-refractivity contribution is -0.121. The Hall–Kier alpha value is -1.10. The molecule has 2 N–H and O–H groups in total. The normalized spacial score (nSPS) is 9.79.